The lowest BCUT2D eigenvalue weighted by molar-refractivity contribution is 0.102. The SMILES string of the molecule is CCOc1cccc(C(=O)Nc2ccc(N3CCOCC3)c(Cl)c2)c1. The number of carbonyl (C=O) groups excluding carboxylic acids is 1. The first-order chi connectivity index (χ1) is 12.2. The normalized spacial score (nSPS) is 14.2. The van der Waals surface area contributed by atoms with Crippen molar-refractivity contribution >= 4 is 28.9 Å². The molecule has 1 fully saturated rings. The van der Waals surface area contributed by atoms with Gasteiger partial charge in [-0.3, -0.25) is 4.79 Å². The summed E-state index contributed by atoms with van der Waals surface area (Å²) in [5.74, 6) is 0.479. The van der Waals surface area contributed by atoms with E-state index in [2.05, 4.69) is 10.2 Å². The minimum atomic E-state index is -0.197. The third-order valence-corrected chi connectivity index (χ3v) is 4.27. The van der Waals surface area contributed by atoms with Gasteiger partial charge in [0, 0.05) is 24.3 Å². The van der Waals surface area contributed by atoms with E-state index >= 15 is 0 Å². The second kappa shape index (κ2) is 8.23. The maximum Gasteiger partial charge on any atom is 0.255 e. The van der Waals surface area contributed by atoms with Crippen LogP contribution in [0.3, 0.4) is 0 Å². The summed E-state index contributed by atoms with van der Waals surface area (Å²) < 4.78 is 10.8. The van der Waals surface area contributed by atoms with Gasteiger partial charge < -0.3 is 19.7 Å². The zero-order valence-corrected chi connectivity index (χ0v) is 14.9. The summed E-state index contributed by atoms with van der Waals surface area (Å²) in [6, 6.07) is 12.7. The standard InChI is InChI=1S/C19H21ClN2O3/c1-2-25-16-5-3-4-14(12-16)19(23)21-15-6-7-18(17(20)13-15)22-8-10-24-11-9-22/h3-7,12-13H,2,8-11H2,1H3,(H,21,23). The van der Waals surface area contributed by atoms with Crippen molar-refractivity contribution in [3.63, 3.8) is 0 Å². The van der Waals surface area contributed by atoms with Crippen molar-refractivity contribution < 1.29 is 14.3 Å². The molecule has 0 unspecified atom stereocenters. The average molecular weight is 361 g/mol. The number of anilines is 2. The molecule has 2 aromatic carbocycles. The van der Waals surface area contributed by atoms with Gasteiger partial charge in [0.05, 0.1) is 30.5 Å². The lowest BCUT2D eigenvalue weighted by Crippen LogP contribution is -2.36. The number of carbonyl (C=O) groups is 1. The number of hydrogen-bond donors (Lipinski definition) is 1. The highest BCUT2D eigenvalue weighted by atomic mass is 35.5. The van der Waals surface area contributed by atoms with Crippen molar-refractivity contribution in [2.24, 2.45) is 0 Å². The van der Waals surface area contributed by atoms with Crippen molar-refractivity contribution in [1.29, 1.82) is 0 Å². The Bertz CT molecular complexity index is 745. The highest BCUT2D eigenvalue weighted by molar-refractivity contribution is 6.33. The molecule has 3 rings (SSSR count). The van der Waals surface area contributed by atoms with Crippen molar-refractivity contribution in [1.82, 2.24) is 0 Å². The molecule has 25 heavy (non-hydrogen) atoms. The second-order valence-corrected chi connectivity index (χ2v) is 6.09. The number of rotatable bonds is 5. The van der Waals surface area contributed by atoms with Gasteiger partial charge in [0.1, 0.15) is 5.75 Å². The van der Waals surface area contributed by atoms with Crippen LogP contribution in [0.25, 0.3) is 0 Å². The fraction of sp³-hybridized carbons (Fsp3) is 0.316. The molecule has 0 saturated carbocycles. The molecule has 1 amide bonds. The molecule has 1 aliphatic heterocycles. The summed E-state index contributed by atoms with van der Waals surface area (Å²) in [5, 5.41) is 3.49. The molecule has 132 valence electrons. The Balaban J connectivity index is 1.71. The van der Waals surface area contributed by atoms with Crippen LogP contribution in [-0.4, -0.2) is 38.8 Å². The van der Waals surface area contributed by atoms with E-state index < -0.39 is 0 Å². The summed E-state index contributed by atoms with van der Waals surface area (Å²) in [6.07, 6.45) is 0. The summed E-state index contributed by atoms with van der Waals surface area (Å²) in [4.78, 5) is 14.6. The lowest BCUT2D eigenvalue weighted by Gasteiger charge is -2.29. The van der Waals surface area contributed by atoms with Gasteiger partial charge in [-0.15, -0.1) is 0 Å². The molecule has 1 aliphatic rings. The predicted octanol–water partition coefficient (Wildman–Crippen LogP) is 3.83. The molecule has 6 heteroatoms. The number of morpholine rings is 1. The summed E-state index contributed by atoms with van der Waals surface area (Å²) in [5.41, 5.74) is 2.16. The molecule has 0 aliphatic carbocycles. The molecule has 0 atom stereocenters. The highest BCUT2D eigenvalue weighted by Crippen LogP contribution is 2.29. The first-order valence-corrected chi connectivity index (χ1v) is 8.71. The van der Waals surface area contributed by atoms with Gasteiger partial charge in [0.2, 0.25) is 0 Å². The quantitative estimate of drug-likeness (QED) is 0.880. The number of nitrogens with zero attached hydrogens (tertiary/aromatic N) is 1. The van der Waals surface area contributed by atoms with Gasteiger partial charge in [-0.05, 0) is 43.3 Å². The van der Waals surface area contributed by atoms with E-state index in [-0.39, 0.29) is 5.91 Å². The molecule has 2 aromatic rings. The predicted molar refractivity (Wildman–Crippen MR) is 100 cm³/mol. The van der Waals surface area contributed by atoms with Crippen LogP contribution in [0, 0.1) is 0 Å². The van der Waals surface area contributed by atoms with Crippen LogP contribution in [0.15, 0.2) is 42.5 Å². The third-order valence-electron chi connectivity index (χ3n) is 3.96. The van der Waals surface area contributed by atoms with E-state index in [4.69, 9.17) is 21.1 Å². The van der Waals surface area contributed by atoms with E-state index in [1.165, 1.54) is 0 Å². The Kier molecular flexibility index (Phi) is 5.79. The third kappa shape index (κ3) is 4.44. The first-order valence-electron chi connectivity index (χ1n) is 8.34. The molecule has 0 spiro atoms. The van der Waals surface area contributed by atoms with Gasteiger partial charge in [0.25, 0.3) is 5.91 Å². The zero-order chi connectivity index (χ0) is 17.6. The molecule has 1 heterocycles. The Hall–Kier alpha value is -2.24. The van der Waals surface area contributed by atoms with E-state index in [0.717, 1.165) is 18.8 Å². The molecule has 1 N–H and O–H groups in total. The van der Waals surface area contributed by atoms with Crippen LogP contribution >= 0.6 is 11.6 Å². The van der Waals surface area contributed by atoms with Gasteiger partial charge in [-0.2, -0.15) is 0 Å². The van der Waals surface area contributed by atoms with E-state index in [1.807, 2.05) is 25.1 Å². The Morgan fingerprint density at radius 2 is 2.04 bits per heavy atom. The molecule has 1 saturated heterocycles. The topological polar surface area (TPSA) is 50.8 Å². The fourth-order valence-corrected chi connectivity index (χ4v) is 3.04. The van der Waals surface area contributed by atoms with Crippen LogP contribution in [0.2, 0.25) is 5.02 Å². The second-order valence-electron chi connectivity index (χ2n) is 5.68. The molecular formula is C19H21ClN2O3. The van der Waals surface area contributed by atoms with Crippen LogP contribution in [0.1, 0.15) is 17.3 Å². The van der Waals surface area contributed by atoms with E-state index in [9.17, 15) is 4.79 Å². The molecule has 5 nitrogen and oxygen atoms in total. The minimum Gasteiger partial charge on any atom is -0.494 e. The summed E-state index contributed by atoms with van der Waals surface area (Å²) in [7, 11) is 0. The average Bonchev–Trinajstić information content (AvgIpc) is 2.63. The number of nitrogens with one attached hydrogen (secondary N) is 1. The van der Waals surface area contributed by atoms with Gasteiger partial charge >= 0.3 is 0 Å². The van der Waals surface area contributed by atoms with Crippen LogP contribution in [0.4, 0.5) is 11.4 Å². The molecule has 0 bridgehead atoms. The minimum absolute atomic E-state index is 0.197. The molecule has 0 aromatic heterocycles. The number of hydrogen-bond acceptors (Lipinski definition) is 4. The zero-order valence-electron chi connectivity index (χ0n) is 14.1. The van der Waals surface area contributed by atoms with Crippen molar-refractivity contribution in [3.05, 3.63) is 53.1 Å². The molecule has 0 radical (unpaired) electrons. The fourth-order valence-electron chi connectivity index (χ4n) is 2.74. The Morgan fingerprint density at radius 1 is 1.24 bits per heavy atom. The lowest BCUT2D eigenvalue weighted by atomic mass is 10.2. The van der Waals surface area contributed by atoms with Gasteiger partial charge in [-0.25, -0.2) is 0 Å². The summed E-state index contributed by atoms with van der Waals surface area (Å²) in [6.45, 7) is 5.50. The number of amides is 1. The Labute approximate surface area is 152 Å². The smallest absolute Gasteiger partial charge is 0.255 e. The highest BCUT2D eigenvalue weighted by Gasteiger charge is 2.15. The van der Waals surface area contributed by atoms with E-state index in [1.54, 1.807) is 24.3 Å². The largest absolute Gasteiger partial charge is 0.494 e. The number of halogens is 1. The maximum absolute atomic E-state index is 12.4. The first kappa shape index (κ1) is 17.6. The van der Waals surface area contributed by atoms with Crippen molar-refractivity contribution in [2.45, 2.75) is 6.92 Å². The Morgan fingerprint density at radius 3 is 2.76 bits per heavy atom. The molecular weight excluding hydrogens is 340 g/mol. The summed E-state index contributed by atoms with van der Waals surface area (Å²) >= 11 is 6.40. The van der Waals surface area contributed by atoms with Gasteiger partial charge in [0.15, 0.2) is 0 Å². The number of benzene rings is 2. The van der Waals surface area contributed by atoms with Crippen LogP contribution < -0.4 is 15.0 Å². The van der Waals surface area contributed by atoms with E-state index in [0.29, 0.717) is 41.8 Å². The maximum atomic E-state index is 12.4. The van der Waals surface area contributed by atoms with Crippen LogP contribution in [-0.2, 0) is 4.74 Å². The van der Waals surface area contributed by atoms with Crippen molar-refractivity contribution in [2.75, 3.05) is 43.1 Å². The van der Waals surface area contributed by atoms with Crippen LogP contribution in [0.5, 0.6) is 5.75 Å². The van der Waals surface area contributed by atoms with Crippen molar-refractivity contribution in [3.8, 4) is 5.75 Å². The number of ether oxygens (including phenoxy) is 2. The monoisotopic (exact) mass is 360 g/mol. The van der Waals surface area contributed by atoms with Gasteiger partial charge in [-0.1, -0.05) is 17.7 Å².